The van der Waals surface area contributed by atoms with Crippen LogP contribution in [0.1, 0.15) is 19.4 Å². The number of hydrogen-bond donors (Lipinski definition) is 2. The van der Waals surface area contributed by atoms with Gasteiger partial charge in [-0.1, -0.05) is 6.07 Å². The molecule has 21 heavy (non-hydrogen) atoms. The van der Waals surface area contributed by atoms with Crippen LogP contribution in [-0.2, 0) is 21.2 Å². The molecular formula is C14H21N3O3S. The fourth-order valence-corrected chi connectivity index (χ4v) is 3.42. The number of sulfonamides is 1. The number of rotatable bonds is 5. The summed E-state index contributed by atoms with van der Waals surface area (Å²) in [4.78, 5) is 13.4. The van der Waals surface area contributed by atoms with Crippen molar-refractivity contribution in [2.75, 3.05) is 25.0 Å². The Hall–Kier alpha value is -1.44. The molecule has 1 aromatic carbocycles. The SMILES string of the molecule is CNC(C)CNS(=O)(=O)c1ccc2c(c1)N(C(C)=O)CC2. The van der Waals surface area contributed by atoms with Gasteiger partial charge in [0.2, 0.25) is 15.9 Å². The fraction of sp³-hybridized carbons (Fsp3) is 0.500. The molecule has 1 amide bonds. The number of carbonyl (C=O) groups is 1. The maximum atomic E-state index is 12.3. The van der Waals surface area contributed by atoms with E-state index in [1.165, 1.54) is 6.92 Å². The van der Waals surface area contributed by atoms with Gasteiger partial charge in [-0.05, 0) is 38.1 Å². The smallest absolute Gasteiger partial charge is 0.240 e. The Bertz CT molecular complexity index is 643. The van der Waals surface area contributed by atoms with E-state index >= 15 is 0 Å². The van der Waals surface area contributed by atoms with Gasteiger partial charge in [0.15, 0.2) is 0 Å². The van der Waals surface area contributed by atoms with Gasteiger partial charge in [0.25, 0.3) is 0 Å². The molecule has 0 aliphatic carbocycles. The van der Waals surface area contributed by atoms with E-state index in [-0.39, 0.29) is 16.8 Å². The van der Waals surface area contributed by atoms with E-state index in [2.05, 4.69) is 10.0 Å². The second-order valence-corrected chi connectivity index (χ2v) is 7.02. The molecule has 2 rings (SSSR count). The van der Waals surface area contributed by atoms with Gasteiger partial charge in [-0.25, -0.2) is 13.1 Å². The predicted octanol–water partition coefficient (Wildman–Crippen LogP) is 0.482. The largest absolute Gasteiger partial charge is 0.316 e. The van der Waals surface area contributed by atoms with Crippen LogP contribution in [0.15, 0.2) is 23.1 Å². The fourth-order valence-electron chi connectivity index (χ4n) is 2.27. The summed E-state index contributed by atoms with van der Waals surface area (Å²) in [6.45, 7) is 4.30. The molecule has 116 valence electrons. The van der Waals surface area contributed by atoms with Gasteiger partial charge in [-0.3, -0.25) is 4.79 Å². The van der Waals surface area contributed by atoms with Crippen LogP contribution in [-0.4, -0.2) is 40.5 Å². The van der Waals surface area contributed by atoms with Crippen molar-refractivity contribution in [2.45, 2.75) is 31.2 Å². The van der Waals surface area contributed by atoms with Crippen LogP contribution in [0.4, 0.5) is 5.69 Å². The van der Waals surface area contributed by atoms with Gasteiger partial charge in [-0.15, -0.1) is 0 Å². The maximum Gasteiger partial charge on any atom is 0.240 e. The lowest BCUT2D eigenvalue weighted by Crippen LogP contribution is -2.37. The molecule has 1 aliphatic rings. The number of hydrogen-bond acceptors (Lipinski definition) is 4. The lowest BCUT2D eigenvalue weighted by atomic mass is 10.2. The Balaban J connectivity index is 2.25. The number of amides is 1. The highest BCUT2D eigenvalue weighted by Crippen LogP contribution is 2.30. The van der Waals surface area contributed by atoms with Crippen LogP contribution in [0.5, 0.6) is 0 Å². The van der Waals surface area contributed by atoms with Crippen LogP contribution >= 0.6 is 0 Å². The standard InChI is InChI=1S/C14H21N3O3S/c1-10(15-3)9-16-21(19,20)13-5-4-12-6-7-17(11(2)18)14(12)8-13/h4-5,8,10,15-16H,6-7,9H2,1-3H3. The quantitative estimate of drug-likeness (QED) is 0.829. The van der Waals surface area contributed by atoms with Crippen LogP contribution in [0.3, 0.4) is 0 Å². The van der Waals surface area contributed by atoms with Crippen molar-refractivity contribution in [3.05, 3.63) is 23.8 Å². The summed E-state index contributed by atoms with van der Waals surface area (Å²) >= 11 is 0. The lowest BCUT2D eigenvalue weighted by Gasteiger charge is -2.16. The Morgan fingerprint density at radius 3 is 2.76 bits per heavy atom. The third-order valence-corrected chi connectivity index (χ3v) is 5.14. The molecule has 1 atom stereocenters. The molecule has 0 radical (unpaired) electrons. The summed E-state index contributed by atoms with van der Waals surface area (Å²) < 4.78 is 27.1. The third-order valence-electron chi connectivity index (χ3n) is 3.72. The Kier molecular flexibility index (Phi) is 4.65. The summed E-state index contributed by atoms with van der Waals surface area (Å²) in [5.41, 5.74) is 1.71. The molecule has 0 bridgehead atoms. The van der Waals surface area contributed by atoms with E-state index in [0.29, 0.717) is 18.8 Å². The van der Waals surface area contributed by atoms with Crippen LogP contribution in [0.25, 0.3) is 0 Å². The van der Waals surface area contributed by atoms with Gasteiger partial charge in [0, 0.05) is 31.7 Å². The zero-order chi connectivity index (χ0) is 15.6. The molecular weight excluding hydrogens is 290 g/mol. The highest BCUT2D eigenvalue weighted by Gasteiger charge is 2.25. The molecule has 7 heteroatoms. The number of benzene rings is 1. The molecule has 0 spiro atoms. The average Bonchev–Trinajstić information content (AvgIpc) is 2.87. The first kappa shape index (κ1) is 15.9. The first-order chi connectivity index (χ1) is 9.85. The van der Waals surface area contributed by atoms with Gasteiger partial charge in [0.05, 0.1) is 4.90 Å². The predicted molar refractivity (Wildman–Crippen MR) is 81.9 cm³/mol. The molecule has 1 unspecified atom stereocenters. The van der Waals surface area contributed by atoms with Crippen molar-refractivity contribution in [3.8, 4) is 0 Å². The Morgan fingerprint density at radius 2 is 2.14 bits per heavy atom. The molecule has 6 nitrogen and oxygen atoms in total. The molecule has 0 saturated carbocycles. The third kappa shape index (κ3) is 3.42. The van der Waals surface area contributed by atoms with Crippen molar-refractivity contribution in [2.24, 2.45) is 0 Å². The van der Waals surface area contributed by atoms with Crippen LogP contribution in [0.2, 0.25) is 0 Å². The van der Waals surface area contributed by atoms with Crippen molar-refractivity contribution in [3.63, 3.8) is 0 Å². The number of carbonyl (C=O) groups excluding carboxylic acids is 1. The van der Waals surface area contributed by atoms with E-state index < -0.39 is 10.0 Å². The van der Waals surface area contributed by atoms with Gasteiger partial charge in [-0.2, -0.15) is 0 Å². The maximum absolute atomic E-state index is 12.3. The second-order valence-electron chi connectivity index (χ2n) is 5.25. The van der Waals surface area contributed by atoms with Crippen molar-refractivity contribution in [1.82, 2.24) is 10.0 Å². The molecule has 2 N–H and O–H groups in total. The molecule has 1 aromatic rings. The lowest BCUT2D eigenvalue weighted by molar-refractivity contribution is -0.116. The average molecular weight is 311 g/mol. The van der Waals surface area contributed by atoms with Gasteiger partial charge >= 0.3 is 0 Å². The van der Waals surface area contributed by atoms with E-state index in [0.717, 1.165) is 12.0 Å². The zero-order valence-corrected chi connectivity index (χ0v) is 13.3. The van der Waals surface area contributed by atoms with Gasteiger partial charge < -0.3 is 10.2 Å². The Morgan fingerprint density at radius 1 is 1.43 bits per heavy atom. The highest BCUT2D eigenvalue weighted by molar-refractivity contribution is 7.89. The molecule has 0 saturated heterocycles. The normalized spacial score (nSPS) is 15.9. The summed E-state index contributed by atoms with van der Waals surface area (Å²) in [6.07, 6.45) is 0.763. The molecule has 1 aliphatic heterocycles. The minimum atomic E-state index is -3.56. The summed E-state index contributed by atoms with van der Waals surface area (Å²) in [6, 6.07) is 5.00. The first-order valence-electron chi connectivity index (χ1n) is 6.93. The second kappa shape index (κ2) is 6.13. The van der Waals surface area contributed by atoms with Crippen molar-refractivity contribution in [1.29, 1.82) is 0 Å². The van der Waals surface area contributed by atoms with Crippen LogP contribution < -0.4 is 14.9 Å². The van der Waals surface area contributed by atoms with E-state index in [9.17, 15) is 13.2 Å². The number of nitrogens with one attached hydrogen (secondary N) is 2. The zero-order valence-electron chi connectivity index (χ0n) is 12.5. The number of fused-ring (bicyclic) bond motifs is 1. The molecule has 1 heterocycles. The summed E-state index contributed by atoms with van der Waals surface area (Å²) in [7, 11) is -1.79. The monoisotopic (exact) mass is 311 g/mol. The number of nitrogens with zero attached hydrogens (tertiary/aromatic N) is 1. The number of likely N-dealkylation sites (N-methyl/N-ethyl adjacent to an activating group) is 1. The minimum Gasteiger partial charge on any atom is -0.316 e. The van der Waals surface area contributed by atoms with E-state index in [1.807, 2.05) is 6.92 Å². The summed E-state index contributed by atoms with van der Waals surface area (Å²) in [5.74, 6) is -0.0694. The van der Waals surface area contributed by atoms with Crippen molar-refractivity contribution < 1.29 is 13.2 Å². The van der Waals surface area contributed by atoms with E-state index in [4.69, 9.17) is 0 Å². The van der Waals surface area contributed by atoms with Crippen LogP contribution in [0, 0.1) is 0 Å². The van der Waals surface area contributed by atoms with Crippen molar-refractivity contribution >= 4 is 21.6 Å². The molecule has 0 aromatic heterocycles. The summed E-state index contributed by atoms with van der Waals surface area (Å²) in [5, 5.41) is 2.97. The number of anilines is 1. The van der Waals surface area contributed by atoms with E-state index in [1.54, 1.807) is 30.1 Å². The van der Waals surface area contributed by atoms with Gasteiger partial charge in [0.1, 0.15) is 0 Å². The topological polar surface area (TPSA) is 78.5 Å². The highest BCUT2D eigenvalue weighted by atomic mass is 32.2. The first-order valence-corrected chi connectivity index (χ1v) is 8.41. The Labute approximate surface area is 125 Å². The minimum absolute atomic E-state index is 0.0444. The molecule has 0 fully saturated rings.